The second kappa shape index (κ2) is 7.23. The molecule has 1 aliphatic heterocycles. The first-order valence-corrected chi connectivity index (χ1v) is 8.43. The third kappa shape index (κ3) is 3.25. The number of hydrogen-bond donors (Lipinski definition) is 2. The highest BCUT2D eigenvalue weighted by Crippen LogP contribution is 2.23. The van der Waals surface area contributed by atoms with Crippen LogP contribution in [0.1, 0.15) is 36.2 Å². The summed E-state index contributed by atoms with van der Waals surface area (Å²) in [5.41, 5.74) is 2.43. The Morgan fingerprint density at radius 2 is 2.17 bits per heavy atom. The summed E-state index contributed by atoms with van der Waals surface area (Å²) in [6, 6.07) is 7.67. The van der Waals surface area contributed by atoms with Crippen molar-refractivity contribution in [2.24, 2.45) is 0 Å². The van der Waals surface area contributed by atoms with Gasteiger partial charge in [-0.3, -0.25) is 4.79 Å². The van der Waals surface area contributed by atoms with Crippen LogP contribution in [-0.2, 0) is 13.0 Å². The topological polar surface area (TPSA) is 68.2 Å². The molecular weight excluding hydrogens is 328 g/mol. The Kier molecular flexibility index (Phi) is 5.06. The molecule has 0 saturated carbocycles. The average molecular weight is 349 g/mol. The lowest BCUT2D eigenvalue weighted by Gasteiger charge is -2.23. The SMILES string of the molecule is CC[C@H](Nc1nc2c(c(=O)n1OC)CNCC2)c1ccc(Cl)cc1. The van der Waals surface area contributed by atoms with Crippen molar-refractivity contribution in [2.45, 2.75) is 32.4 Å². The molecule has 3 rings (SSSR count). The van der Waals surface area contributed by atoms with E-state index in [0.29, 0.717) is 23.1 Å². The number of nitrogens with one attached hydrogen (secondary N) is 2. The van der Waals surface area contributed by atoms with Crippen LogP contribution in [0, 0.1) is 0 Å². The minimum Gasteiger partial charge on any atom is -0.411 e. The Bertz CT molecular complexity index is 773. The van der Waals surface area contributed by atoms with E-state index >= 15 is 0 Å². The average Bonchev–Trinajstić information content (AvgIpc) is 2.61. The van der Waals surface area contributed by atoms with Crippen LogP contribution in [0.25, 0.3) is 0 Å². The highest BCUT2D eigenvalue weighted by Gasteiger charge is 2.21. The minimum atomic E-state index is -0.164. The van der Waals surface area contributed by atoms with Crippen molar-refractivity contribution >= 4 is 17.5 Å². The van der Waals surface area contributed by atoms with Gasteiger partial charge in [-0.05, 0) is 24.1 Å². The Hall–Kier alpha value is -2.05. The molecule has 2 heterocycles. The van der Waals surface area contributed by atoms with Crippen LogP contribution in [-0.4, -0.2) is 23.4 Å². The number of aromatic nitrogens is 2. The monoisotopic (exact) mass is 348 g/mol. The Labute approximate surface area is 145 Å². The van der Waals surface area contributed by atoms with Crippen LogP contribution >= 0.6 is 11.6 Å². The normalized spacial score (nSPS) is 14.8. The van der Waals surface area contributed by atoms with Gasteiger partial charge in [0.15, 0.2) is 0 Å². The van der Waals surface area contributed by atoms with Gasteiger partial charge >= 0.3 is 0 Å². The predicted molar refractivity (Wildman–Crippen MR) is 94.5 cm³/mol. The minimum absolute atomic E-state index is 0.00957. The predicted octanol–water partition coefficient (Wildman–Crippen LogP) is 2.16. The smallest absolute Gasteiger partial charge is 0.292 e. The molecule has 0 aliphatic carbocycles. The summed E-state index contributed by atoms with van der Waals surface area (Å²) in [6.45, 7) is 3.42. The lowest BCUT2D eigenvalue weighted by Crippen LogP contribution is -2.38. The molecule has 1 aromatic heterocycles. The molecule has 2 aromatic rings. The lowest BCUT2D eigenvalue weighted by molar-refractivity contribution is 0.157. The number of hydrogen-bond acceptors (Lipinski definition) is 5. The van der Waals surface area contributed by atoms with Crippen molar-refractivity contribution in [3.8, 4) is 0 Å². The molecule has 24 heavy (non-hydrogen) atoms. The molecule has 7 heteroatoms. The van der Waals surface area contributed by atoms with Gasteiger partial charge in [0.2, 0.25) is 5.95 Å². The molecule has 0 spiro atoms. The molecular formula is C17H21ClN4O2. The number of halogens is 1. The highest BCUT2D eigenvalue weighted by atomic mass is 35.5. The molecule has 2 N–H and O–H groups in total. The van der Waals surface area contributed by atoms with E-state index in [1.54, 1.807) is 0 Å². The fourth-order valence-corrected chi connectivity index (χ4v) is 3.05. The Balaban J connectivity index is 1.97. The van der Waals surface area contributed by atoms with Gasteiger partial charge in [0.25, 0.3) is 5.56 Å². The number of benzene rings is 1. The number of rotatable bonds is 5. The molecule has 0 unspecified atom stereocenters. The Morgan fingerprint density at radius 1 is 1.42 bits per heavy atom. The lowest BCUT2D eigenvalue weighted by atomic mass is 10.0. The molecule has 0 fully saturated rings. The van der Waals surface area contributed by atoms with Gasteiger partial charge in [-0.1, -0.05) is 30.7 Å². The maximum Gasteiger partial charge on any atom is 0.292 e. The van der Waals surface area contributed by atoms with E-state index in [4.69, 9.17) is 16.4 Å². The molecule has 1 aromatic carbocycles. The van der Waals surface area contributed by atoms with Gasteiger partial charge in [0.05, 0.1) is 17.3 Å². The van der Waals surface area contributed by atoms with E-state index < -0.39 is 0 Å². The Morgan fingerprint density at radius 3 is 2.83 bits per heavy atom. The van der Waals surface area contributed by atoms with Gasteiger partial charge in [0.1, 0.15) is 7.11 Å². The van der Waals surface area contributed by atoms with Crippen molar-refractivity contribution in [2.75, 3.05) is 19.0 Å². The summed E-state index contributed by atoms with van der Waals surface area (Å²) >= 11 is 5.96. The third-order valence-corrected chi connectivity index (χ3v) is 4.48. The van der Waals surface area contributed by atoms with Gasteiger partial charge in [0, 0.05) is 24.5 Å². The van der Waals surface area contributed by atoms with Crippen LogP contribution < -0.4 is 21.0 Å². The van der Waals surface area contributed by atoms with E-state index in [1.165, 1.54) is 11.8 Å². The summed E-state index contributed by atoms with van der Waals surface area (Å²) in [7, 11) is 1.47. The van der Waals surface area contributed by atoms with Crippen LogP contribution in [0.2, 0.25) is 5.02 Å². The molecule has 0 bridgehead atoms. The second-order valence-corrected chi connectivity index (χ2v) is 6.16. The van der Waals surface area contributed by atoms with Crippen LogP contribution in [0.15, 0.2) is 29.1 Å². The van der Waals surface area contributed by atoms with E-state index in [-0.39, 0.29) is 11.6 Å². The van der Waals surface area contributed by atoms with E-state index in [0.717, 1.165) is 30.6 Å². The van der Waals surface area contributed by atoms with Crippen molar-refractivity contribution in [1.82, 2.24) is 15.0 Å². The van der Waals surface area contributed by atoms with Gasteiger partial charge < -0.3 is 15.5 Å². The highest BCUT2D eigenvalue weighted by molar-refractivity contribution is 6.30. The van der Waals surface area contributed by atoms with Crippen molar-refractivity contribution in [3.63, 3.8) is 0 Å². The standard InChI is InChI=1S/C17H21ClN4O2/c1-3-14(11-4-6-12(18)7-5-11)20-17-21-15-8-9-19-10-13(15)16(23)22(17)24-2/h4-7,14,19H,3,8-10H2,1-2H3,(H,20,21)/t14-/m0/s1. The molecule has 6 nitrogen and oxygen atoms in total. The first kappa shape index (κ1) is 16.8. The fraction of sp³-hybridized carbons (Fsp3) is 0.412. The summed E-state index contributed by atoms with van der Waals surface area (Å²) < 4.78 is 1.23. The number of nitrogens with zero attached hydrogens (tertiary/aromatic N) is 2. The van der Waals surface area contributed by atoms with E-state index in [1.807, 2.05) is 24.3 Å². The second-order valence-electron chi connectivity index (χ2n) is 5.73. The van der Waals surface area contributed by atoms with Gasteiger partial charge in [-0.2, -0.15) is 0 Å². The maximum atomic E-state index is 12.6. The number of fused-ring (bicyclic) bond motifs is 1. The van der Waals surface area contributed by atoms with Gasteiger partial charge in [-0.25, -0.2) is 4.98 Å². The molecule has 0 radical (unpaired) electrons. The number of anilines is 1. The van der Waals surface area contributed by atoms with Crippen molar-refractivity contribution in [3.05, 3.63) is 56.5 Å². The van der Waals surface area contributed by atoms with Crippen molar-refractivity contribution < 1.29 is 4.84 Å². The van der Waals surface area contributed by atoms with Crippen molar-refractivity contribution in [1.29, 1.82) is 0 Å². The molecule has 128 valence electrons. The van der Waals surface area contributed by atoms with E-state index in [9.17, 15) is 4.79 Å². The molecule has 1 atom stereocenters. The zero-order chi connectivity index (χ0) is 17.1. The van der Waals surface area contributed by atoms with Crippen LogP contribution in [0.3, 0.4) is 0 Å². The van der Waals surface area contributed by atoms with Crippen LogP contribution in [0.4, 0.5) is 5.95 Å². The first-order chi connectivity index (χ1) is 11.6. The quantitative estimate of drug-likeness (QED) is 0.866. The molecule has 0 amide bonds. The first-order valence-electron chi connectivity index (χ1n) is 8.06. The van der Waals surface area contributed by atoms with E-state index in [2.05, 4.69) is 22.5 Å². The van der Waals surface area contributed by atoms with Gasteiger partial charge in [-0.15, -0.1) is 4.73 Å². The third-order valence-electron chi connectivity index (χ3n) is 4.23. The summed E-state index contributed by atoms with van der Waals surface area (Å²) in [4.78, 5) is 22.5. The van der Waals surface area contributed by atoms with Crippen LogP contribution in [0.5, 0.6) is 0 Å². The summed E-state index contributed by atoms with van der Waals surface area (Å²) in [6.07, 6.45) is 1.57. The largest absolute Gasteiger partial charge is 0.411 e. The summed E-state index contributed by atoms with van der Waals surface area (Å²) in [5, 5.41) is 7.23. The maximum absolute atomic E-state index is 12.6. The molecule has 0 saturated heterocycles. The molecule has 1 aliphatic rings. The zero-order valence-corrected chi connectivity index (χ0v) is 14.6. The fourth-order valence-electron chi connectivity index (χ4n) is 2.92. The zero-order valence-electron chi connectivity index (χ0n) is 13.8. The summed E-state index contributed by atoms with van der Waals surface area (Å²) in [5.74, 6) is 0.435.